The van der Waals surface area contributed by atoms with Crippen molar-refractivity contribution in [2.45, 2.75) is 6.92 Å². The van der Waals surface area contributed by atoms with Crippen LogP contribution in [0.1, 0.15) is 5.56 Å². The van der Waals surface area contributed by atoms with E-state index in [-0.39, 0.29) is 6.03 Å². The van der Waals surface area contributed by atoms with E-state index >= 15 is 0 Å². The van der Waals surface area contributed by atoms with Crippen LogP contribution in [0.3, 0.4) is 0 Å². The van der Waals surface area contributed by atoms with E-state index < -0.39 is 10.0 Å². The zero-order valence-corrected chi connectivity index (χ0v) is 12.5. The van der Waals surface area contributed by atoms with E-state index in [2.05, 4.69) is 5.32 Å². The molecule has 0 atom stereocenters. The van der Waals surface area contributed by atoms with Gasteiger partial charge >= 0.3 is 6.03 Å². The lowest BCUT2D eigenvalue weighted by molar-refractivity contribution is 0.184. The van der Waals surface area contributed by atoms with Crippen LogP contribution < -0.4 is 5.32 Å². The van der Waals surface area contributed by atoms with Gasteiger partial charge in [0.05, 0.1) is 6.26 Å². The number of hydrogen-bond donors (Lipinski definition) is 1. The highest BCUT2D eigenvalue weighted by atomic mass is 32.2. The summed E-state index contributed by atoms with van der Waals surface area (Å²) in [4.78, 5) is 13.7. The predicted octanol–water partition coefficient (Wildman–Crippen LogP) is 1.10. The largest absolute Gasteiger partial charge is 0.322 e. The van der Waals surface area contributed by atoms with Gasteiger partial charge in [0, 0.05) is 31.9 Å². The molecule has 1 aliphatic heterocycles. The average molecular weight is 297 g/mol. The Labute approximate surface area is 119 Å². The first-order valence-corrected chi connectivity index (χ1v) is 8.29. The van der Waals surface area contributed by atoms with Crippen LogP contribution >= 0.6 is 0 Å². The SMILES string of the molecule is Cc1cccc(NC(=O)N2CCN(S(C)(=O)=O)CC2)c1. The van der Waals surface area contributed by atoms with Crippen molar-refractivity contribution in [3.05, 3.63) is 29.8 Å². The molecule has 1 heterocycles. The Bertz CT molecular complexity index is 593. The quantitative estimate of drug-likeness (QED) is 0.889. The Hall–Kier alpha value is -1.60. The molecular weight excluding hydrogens is 278 g/mol. The molecule has 110 valence electrons. The van der Waals surface area contributed by atoms with Gasteiger partial charge in [-0.3, -0.25) is 0 Å². The standard InChI is InChI=1S/C13H19N3O3S/c1-11-4-3-5-12(10-11)14-13(17)15-6-8-16(9-7-15)20(2,18)19/h3-5,10H,6-9H2,1-2H3,(H,14,17). The maximum Gasteiger partial charge on any atom is 0.321 e. The van der Waals surface area contributed by atoms with Crippen molar-refractivity contribution in [2.24, 2.45) is 0 Å². The van der Waals surface area contributed by atoms with Gasteiger partial charge in [0.25, 0.3) is 0 Å². The van der Waals surface area contributed by atoms with Gasteiger partial charge < -0.3 is 10.2 Å². The van der Waals surface area contributed by atoms with E-state index in [0.29, 0.717) is 26.2 Å². The molecular formula is C13H19N3O3S. The van der Waals surface area contributed by atoms with Crippen molar-refractivity contribution in [3.63, 3.8) is 0 Å². The molecule has 1 fully saturated rings. The van der Waals surface area contributed by atoms with Crippen molar-refractivity contribution >= 4 is 21.7 Å². The summed E-state index contributed by atoms with van der Waals surface area (Å²) in [5, 5.41) is 2.83. The monoisotopic (exact) mass is 297 g/mol. The van der Waals surface area contributed by atoms with Crippen LogP contribution in [0.25, 0.3) is 0 Å². The summed E-state index contributed by atoms with van der Waals surface area (Å²) in [5.41, 5.74) is 1.82. The third kappa shape index (κ3) is 3.71. The molecule has 0 unspecified atom stereocenters. The second kappa shape index (κ2) is 5.80. The molecule has 1 aromatic carbocycles. The fourth-order valence-electron chi connectivity index (χ4n) is 2.15. The lowest BCUT2D eigenvalue weighted by atomic mass is 10.2. The summed E-state index contributed by atoms with van der Waals surface area (Å²) in [7, 11) is -3.16. The maximum absolute atomic E-state index is 12.1. The Morgan fingerprint density at radius 3 is 2.40 bits per heavy atom. The average Bonchev–Trinajstić information content (AvgIpc) is 2.38. The molecule has 0 bridgehead atoms. The van der Waals surface area contributed by atoms with E-state index in [1.165, 1.54) is 10.6 Å². The summed E-state index contributed by atoms with van der Waals surface area (Å²) in [6.07, 6.45) is 1.19. The number of piperazine rings is 1. The van der Waals surface area contributed by atoms with E-state index in [4.69, 9.17) is 0 Å². The highest BCUT2D eigenvalue weighted by Gasteiger charge is 2.25. The molecule has 1 aliphatic rings. The number of nitrogens with one attached hydrogen (secondary N) is 1. The third-order valence-corrected chi connectivity index (χ3v) is 4.57. The predicted molar refractivity (Wildman–Crippen MR) is 78.2 cm³/mol. The topological polar surface area (TPSA) is 69.7 Å². The minimum atomic E-state index is -3.16. The molecule has 0 saturated carbocycles. The number of sulfonamides is 1. The van der Waals surface area contributed by atoms with Crippen molar-refractivity contribution < 1.29 is 13.2 Å². The summed E-state index contributed by atoms with van der Waals surface area (Å²) >= 11 is 0. The fraction of sp³-hybridized carbons (Fsp3) is 0.462. The van der Waals surface area contributed by atoms with Gasteiger partial charge in [0.2, 0.25) is 10.0 Å². The van der Waals surface area contributed by atoms with Gasteiger partial charge in [0.1, 0.15) is 0 Å². The van der Waals surface area contributed by atoms with Crippen molar-refractivity contribution in [2.75, 3.05) is 37.8 Å². The number of urea groups is 1. The molecule has 20 heavy (non-hydrogen) atoms. The van der Waals surface area contributed by atoms with Gasteiger partial charge in [-0.15, -0.1) is 0 Å². The van der Waals surface area contributed by atoms with E-state index in [1.54, 1.807) is 4.90 Å². The van der Waals surface area contributed by atoms with Gasteiger partial charge in [0.15, 0.2) is 0 Å². The lowest BCUT2D eigenvalue weighted by Crippen LogP contribution is -2.51. The van der Waals surface area contributed by atoms with Gasteiger partial charge in [-0.05, 0) is 24.6 Å². The number of anilines is 1. The molecule has 2 rings (SSSR count). The second-order valence-corrected chi connectivity index (χ2v) is 6.93. The molecule has 2 amide bonds. The number of aryl methyl sites for hydroxylation is 1. The van der Waals surface area contributed by atoms with E-state index in [9.17, 15) is 13.2 Å². The van der Waals surface area contributed by atoms with Crippen molar-refractivity contribution in [1.29, 1.82) is 0 Å². The highest BCUT2D eigenvalue weighted by molar-refractivity contribution is 7.88. The Morgan fingerprint density at radius 2 is 1.85 bits per heavy atom. The Kier molecular flexibility index (Phi) is 4.29. The summed E-state index contributed by atoms with van der Waals surface area (Å²) in [6, 6.07) is 7.37. The van der Waals surface area contributed by atoms with Crippen LogP contribution in [0.2, 0.25) is 0 Å². The number of carbonyl (C=O) groups is 1. The number of hydrogen-bond acceptors (Lipinski definition) is 3. The Balaban J connectivity index is 1.92. The molecule has 0 spiro atoms. The zero-order valence-electron chi connectivity index (χ0n) is 11.7. The molecule has 0 radical (unpaired) electrons. The lowest BCUT2D eigenvalue weighted by Gasteiger charge is -2.33. The second-order valence-electron chi connectivity index (χ2n) is 4.95. The molecule has 1 saturated heterocycles. The Morgan fingerprint density at radius 1 is 1.20 bits per heavy atom. The summed E-state index contributed by atoms with van der Waals surface area (Å²) in [6.45, 7) is 3.47. The number of amides is 2. The summed E-state index contributed by atoms with van der Waals surface area (Å²) < 4.78 is 24.2. The number of carbonyl (C=O) groups excluding carboxylic acids is 1. The smallest absolute Gasteiger partial charge is 0.321 e. The van der Waals surface area contributed by atoms with Crippen LogP contribution in [0, 0.1) is 6.92 Å². The normalized spacial score (nSPS) is 17.0. The van der Waals surface area contributed by atoms with Gasteiger partial charge in [-0.1, -0.05) is 12.1 Å². The third-order valence-electron chi connectivity index (χ3n) is 3.26. The van der Waals surface area contributed by atoms with Crippen LogP contribution in [-0.4, -0.2) is 56.1 Å². The number of benzene rings is 1. The molecule has 1 aromatic rings. The van der Waals surface area contributed by atoms with Crippen LogP contribution in [0.4, 0.5) is 10.5 Å². The van der Waals surface area contributed by atoms with Crippen LogP contribution in [0.15, 0.2) is 24.3 Å². The minimum absolute atomic E-state index is 0.191. The van der Waals surface area contributed by atoms with Gasteiger partial charge in [-0.25, -0.2) is 13.2 Å². The molecule has 6 nitrogen and oxygen atoms in total. The molecule has 1 N–H and O–H groups in total. The van der Waals surface area contributed by atoms with E-state index in [1.807, 2.05) is 31.2 Å². The number of nitrogens with zero attached hydrogens (tertiary/aromatic N) is 2. The molecule has 0 aliphatic carbocycles. The van der Waals surface area contributed by atoms with Crippen molar-refractivity contribution in [1.82, 2.24) is 9.21 Å². The first-order chi connectivity index (χ1) is 9.36. The van der Waals surface area contributed by atoms with E-state index in [0.717, 1.165) is 11.3 Å². The molecule has 7 heteroatoms. The maximum atomic E-state index is 12.1. The van der Waals surface area contributed by atoms with Gasteiger partial charge in [-0.2, -0.15) is 4.31 Å². The summed E-state index contributed by atoms with van der Waals surface area (Å²) in [5.74, 6) is 0. The highest BCUT2D eigenvalue weighted by Crippen LogP contribution is 2.12. The number of rotatable bonds is 2. The van der Waals surface area contributed by atoms with Crippen LogP contribution in [-0.2, 0) is 10.0 Å². The minimum Gasteiger partial charge on any atom is -0.322 e. The first kappa shape index (κ1) is 14.8. The van der Waals surface area contributed by atoms with Crippen molar-refractivity contribution in [3.8, 4) is 0 Å². The fourth-order valence-corrected chi connectivity index (χ4v) is 2.97. The zero-order chi connectivity index (χ0) is 14.8. The van der Waals surface area contributed by atoms with Crippen LogP contribution in [0.5, 0.6) is 0 Å². The molecule has 0 aromatic heterocycles. The first-order valence-electron chi connectivity index (χ1n) is 6.44.